The van der Waals surface area contributed by atoms with Crippen LogP contribution in [0.3, 0.4) is 0 Å². The van der Waals surface area contributed by atoms with Crippen molar-refractivity contribution in [2.45, 2.75) is 37.8 Å². The van der Waals surface area contributed by atoms with Gasteiger partial charge < -0.3 is 15.7 Å². The maximum atomic E-state index is 10.0. The van der Waals surface area contributed by atoms with E-state index in [9.17, 15) is 5.11 Å². The molecule has 0 aromatic carbocycles. The van der Waals surface area contributed by atoms with Crippen LogP contribution < -0.4 is 10.6 Å². The van der Waals surface area contributed by atoms with Crippen molar-refractivity contribution in [3.8, 4) is 0 Å². The lowest BCUT2D eigenvalue weighted by molar-refractivity contribution is 0.184. The highest BCUT2D eigenvalue weighted by molar-refractivity contribution is 14.0. The molecule has 1 fully saturated rings. The van der Waals surface area contributed by atoms with E-state index in [1.54, 1.807) is 13.1 Å². The zero-order valence-corrected chi connectivity index (χ0v) is 15.3. The molecule has 0 spiro atoms. The van der Waals surface area contributed by atoms with Crippen LogP contribution in [0.2, 0.25) is 4.34 Å². The third-order valence-electron chi connectivity index (χ3n) is 3.30. The standard InChI is InChI=1S/C13H20ClN3OS.HI/c1-15-13(17-9-4-2-3-5-9)16-8-10(18)11-6-7-12(14)19-11;/h6-7,9-10,18H,2-5,8H2,1H3,(H2,15,16,17);1H. The third kappa shape index (κ3) is 5.38. The summed E-state index contributed by atoms with van der Waals surface area (Å²) in [5.74, 6) is 0.758. The number of aliphatic hydroxyl groups excluding tert-OH is 1. The summed E-state index contributed by atoms with van der Waals surface area (Å²) in [7, 11) is 1.75. The van der Waals surface area contributed by atoms with E-state index in [0.29, 0.717) is 16.9 Å². The van der Waals surface area contributed by atoms with E-state index in [1.165, 1.54) is 37.0 Å². The SMILES string of the molecule is CN=C(NCC(O)c1ccc(Cl)s1)NC1CCCC1.I. The summed E-state index contributed by atoms with van der Waals surface area (Å²) in [6.07, 6.45) is 4.41. The molecule has 20 heavy (non-hydrogen) atoms. The van der Waals surface area contributed by atoms with Crippen LogP contribution in [0.25, 0.3) is 0 Å². The van der Waals surface area contributed by atoms with E-state index in [2.05, 4.69) is 15.6 Å². The topological polar surface area (TPSA) is 56.7 Å². The van der Waals surface area contributed by atoms with Crippen LogP contribution >= 0.6 is 46.9 Å². The van der Waals surface area contributed by atoms with Crippen LogP contribution in [0, 0.1) is 0 Å². The Bertz CT molecular complexity index is 435. The van der Waals surface area contributed by atoms with Gasteiger partial charge in [0.05, 0.1) is 4.34 Å². The van der Waals surface area contributed by atoms with E-state index in [0.717, 1.165) is 10.8 Å². The monoisotopic (exact) mass is 429 g/mol. The summed E-state index contributed by atoms with van der Waals surface area (Å²) >= 11 is 7.26. The van der Waals surface area contributed by atoms with Gasteiger partial charge in [0.25, 0.3) is 0 Å². The quantitative estimate of drug-likeness (QED) is 0.391. The second-order valence-electron chi connectivity index (χ2n) is 4.74. The van der Waals surface area contributed by atoms with Gasteiger partial charge in [-0.25, -0.2) is 0 Å². The van der Waals surface area contributed by atoms with Crippen molar-refractivity contribution in [1.82, 2.24) is 10.6 Å². The van der Waals surface area contributed by atoms with Crippen LogP contribution in [0.4, 0.5) is 0 Å². The fraction of sp³-hybridized carbons (Fsp3) is 0.615. The smallest absolute Gasteiger partial charge is 0.191 e. The second kappa shape index (κ2) is 9.07. The Kier molecular flexibility index (Phi) is 8.16. The van der Waals surface area contributed by atoms with Crippen molar-refractivity contribution < 1.29 is 5.11 Å². The molecule has 3 N–H and O–H groups in total. The lowest BCUT2D eigenvalue weighted by atomic mass is 10.2. The summed E-state index contributed by atoms with van der Waals surface area (Å²) in [5.41, 5.74) is 0. The molecule has 1 aliphatic carbocycles. The first-order valence-corrected chi connectivity index (χ1v) is 7.79. The minimum atomic E-state index is -0.556. The highest BCUT2D eigenvalue weighted by atomic mass is 127. The van der Waals surface area contributed by atoms with Gasteiger partial charge in [-0.3, -0.25) is 4.99 Å². The maximum Gasteiger partial charge on any atom is 0.191 e. The Morgan fingerprint density at radius 1 is 1.50 bits per heavy atom. The van der Waals surface area contributed by atoms with Gasteiger partial charge >= 0.3 is 0 Å². The van der Waals surface area contributed by atoms with E-state index >= 15 is 0 Å². The Labute approximate surface area is 146 Å². The second-order valence-corrected chi connectivity index (χ2v) is 6.48. The molecule has 1 aromatic rings. The maximum absolute atomic E-state index is 10.0. The molecule has 114 valence electrons. The summed E-state index contributed by atoms with van der Waals surface area (Å²) in [6.45, 7) is 0.434. The molecule has 4 nitrogen and oxygen atoms in total. The molecule has 0 bridgehead atoms. The lowest BCUT2D eigenvalue weighted by Crippen LogP contribution is -2.43. The number of hydrogen-bond donors (Lipinski definition) is 3. The van der Waals surface area contributed by atoms with Crippen molar-refractivity contribution in [2.75, 3.05) is 13.6 Å². The molecule has 1 aromatic heterocycles. The first-order chi connectivity index (χ1) is 9.19. The Morgan fingerprint density at radius 3 is 2.75 bits per heavy atom. The highest BCUT2D eigenvalue weighted by Crippen LogP contribution is 2.26. The molecule has 0 radical (unpaired) electrons. The van der Waals surface area contributed by atoms with E-state index in [1.807, 2.05) is 6.07 Å². The molecular weight excluding hydrogens is 409 g/mol. The van der Waals surface area contributed by atoms with Gasteiger partial charge in [0.1, 0.15) is 6.10 Å². The van der Waals surface area contributed by atoms with Gasteiger partial charge in [-0.2, -0.15) is 0 Å². The van der Waals surface area contributed by atoms with Crippen LogP contribution in [-0.2, 0) is 0 Å². The molecule has 7 heteroatoms. The average Bonchev–Trinajstić information content (AvgIpc) is 3.05. The Balaban J connectivity index is 0.00000200. The largest absolute Gasteiger partial charge is 0.386 e. The number of thiophene rings is 1. The van der Waals surface area contributed by atoms with Crippen molar-refractivity contribution in [3.05, 3.63) is 21.3 Å². The molecule has 0 aliphatic heterocycles. The van der Waals surface area contributed by atoms with Crippen LogP contribution in [0.5, 0.6) is 0 Å². The van der Waals surface area contributed by atoms with Gasteiger partial charge in [0, 0.05) is 24.5 Å². The number of hydrogen-bond acceptors (Lipinski definition) is 3. The first kappa shape index (κ1) is 18.0. The number of halogens is 2. The number of nitrogens with zero attached hydrogens (tertiary/aromatic N) is 1. The summed E-state index contributed by atoms with van der Waals surface area (Å²) in [4.78, 5) is 5.05. The van der Waals surface area contributed by atoms with Crippen LogP contribution in [0.15, 0.2) is 17.1 Å². The van der Waals surface area contributed by atoms with Crippen LogP contribution in [-0.4, -0.2) is 30.7 Å². The molecule has 1 aliphatic rings. The molecular formula is C13H21ClIN3OS. The summed E-state index contributed by atoms with van der Waals surface area (Å²) in [6, 6.07) is 4.17. The van der Waals surface area contributed by atoms with Crippen molar-refractivity contribution in [3.63, 3.8) is 0 Å². The predicted octanol–water partition coefficient (Wildman–Crippen LogP) is 3.16. The fourth-order valence-electron chi connectivity index (χ4n) is 2.26. The molecule has 1 atom stereocenters. The number of nitrogens with one attached hydrogen (secondary N) is 2. The average molecular weight is 430 g/mol. The molecule has 0 saturated heterocycles. The van der Waals surface area contributed by atoms with Crippen molar-refractivity contribution in [1.29, 1.82) is 0 Å². The Hall–Kier alpha value is -0.0500. The van der Waals surface area contributed by atoms with Gasteiger partial charge in [-0.15, -0.1) is 35.3 Å². The zero-order valence-electron chi connectivity index (χ0n) is 11.4. The molecule has 2 rings (SSSR count). The molecule has 1 heterocycles. The fourth-order valence-corrected chi connectivity index (χ4v) is 3.31. The molecule has 1 saturated carbocycles. The normalized spacial score (nSPS) is 17.6. The minimum Gasteiger partial charge on any atom is -0.386 e. The number of guanidine groups is 1. The van der Waals surface area contributed by atoms with Crippen molar-refractivity contribution >= 4 is 52.9 Å². The highest BCUT2D eigenvalue weighted by Gasteiger charge is 2.17. The Morgan fingerprint density at radius 2 is 2.20 bits per heavy atom. The lowest BCUT2D eigenvalue weighted by Gasteiger charge is -2.18. The predicted molar refractivity (Wildman–Crippen MR) is 96.5 cm³/mol. The van der Waals surface area contributed by atoms with Gasteiger partial charge in [0.2, 0.25) is 0 Å². The summed E-state index contributed by atoms with van der Waals surface area (Å²) < 4.78 is 0.697. The van der Waals surface area contributed by atoms with E-state index in [-0.39, 0.29) is 24.0 Å². The van der Waals surface area contributed by atoms with Gasteiger partial charge in [0.15, 0.2) is 5.96 Å². The number of aliphatic imine (C=N–C) groups is 1. The minimum absolute atomic E-state index is 0. The zero-order chi connectivity index (χ0) is 13.7. The molecule has 0 amide bonds. The third-order valence-corrected chi connectivity index (χ3v) is 4.64. The number of rotatable bonds is 4. The summed E-state index contributed by atoms with van der Waals surface area (Å²) in [5, 5.41) is 16.6. The van der Waals surface area contributed by atoms with E-state index in [4.69, 9.17) is 11.6 Å². The number of aliphatic hydroxyl groups is 1. The van der Waals surface area contributed by atoms with Gasteiger partial charge in [-0.1, -0.05) is 24.4 Å². The van der Waals surface area contributed by atoms with E-state index < -0.39 is 6.10 Å². The molecule has 1 unspecified atom stereocenters. The van der Waals surface area contributed by atoms with Crippen molar-refractivity contribution in [2.24, 2.45) is 4.99 Å². The first-order valence-electron chi connectivity index (χ1n) is 6.59. The van der Waals surface area contributed by atoms with Crippen LogP contribution in [0.1, 0.15) is 36.7 Å². The van der Waals surface area contributed by atoms with Gasteiger partial charge in [-0.05, 0) is 25.0 Å².